The van der Waals surface area contributed by atoms with Crippen molar-refractivity contribution in [1.29, 1.82) is 0 Å². The molecular formula is C20H26I2O2. The van der Waals surface area contributed by atoms with E-state index in [1.165, 1.54) is 11.1 Å². The van der Waals surface area contributed by atoms with E-state index in [2.05, 4.69) is 51.1 Å². The second-order valence-electron chi connectivity index (χ2n) is 6.45. The first-order valence-corrected chi connectivity index (χ1v) is 14.1. The Kier molecular flexibility index (Phi) is 7.41. The number of aromatic hydroxyl groups is 2. The van der Waals surface area contributed by atoms with E-state index in [1.54, 1.807) is 0 Å². The average molecular weight is 552 g/mol. The second kappa shape index (κ2) is 8.25. The maximum absolute atomic E-state index is 10.7. The quantitative estimate of drug-likeness (QED) is 0.374. The predicted molar refractivity (Wildman–Crippen MR) is 121 cm³/mol. The van der Waals surface area contributed by atoms with Gasteiger partial charge in [0.05, 0.1) is 0 Å². The molecule has 0 spiro atoms. The molecule has 0 bridgehead atoms. The molecule has 2 aromatic rings. The highest BCUT2D eigenvalue weighted by Crippen LogP contribution is 2.46. The minimum absolute atomic E-state index is 0.279. The number of phenols is 2. The first-order valence-electron chi connectivity index (χ1n) is 7.84. The van der Waals surface area contributed by atoms with E-state index in [-0.39, 0.29) is 11.5 Å². The van der Waals surface area contributed by atoms with Crippen LogP contribution in [-0.2, 0) is 0 Å². The Bertz CT molecular complexity index is 668. The summed E-state index contributed by atoms with van der Waals surface area (Å²) in [7, 11) is 0. The van der Waals surface area contributed by atoms with Crippen LogP contribution >= 0.6 is 37.2 Å². The number of halogens is 2. The van der Waals surface area contributed by atoms with Gasteiger partial charge in [0.15, 0.2) is 0 Å². The summed E-state index contributed by atoms with van der Waals surface area (Å²) in [6.07, 6.45) is 0. The Hall–Kier alpha value is -0.500. The fourth-order valence-corrected chi connectivity index (χ4v) is 3.20. The van der Waals surface area contributed by atoms with Crippen LogP contribution in [0.1, 0.15) is 44.5 Å². The van der Waals surface area contributed by atoms with Gasteiger partial charge < -0.3 is 10.2 Å². The van der Waals surface area contributed by atoms with Crippen molar-refractivity contribution in [2.45, 2.75) is 55.4 Å². The van der Waals surface area contributed by atoms with Gasteiger partial charge in [-0.3, -0.25) is 0 Å². The zero-order chi connectivity index (χ0) is 18.9. The van der Waals surface area contributed by atoms with Crippen LogP contribution in [0.15, 0.2) is 0 Å². The smallest absolute Gasteiger partial charge is 0.127 e. The van der Waals surface area contributed by atoms with Crippen LogP contribution < -0.4 is 0 Å². The Morgan fingerprint density at radius 1 is 0.417 bits per heavy atom. The molecule has 2 nitrogen and oxygen atoms in total. The van der Waals surface area contributed by atoms with Crippen LogP contribution in [0.25, 0.3) is 11.1 Å². The minimum Gasteiger partial charge on any atom is -0.507 e. The molecule has 0 aromatic heterocycles. The highest BCUT2D eigenvalue weighted by molar-refractivity contribution is 15.0. The lowest BCUT2D eigenvalue weighted by atomic mass is 9.84. The number of hydrogen-bond acceptors (Lipinski definition) is 2. The van der Waals surface area contributed by atoms with Crippen molar-refractivity contribution < 1.29 is 10.2 Å². The maximum Gasteiger partial charge on any atom is 0.127 e. The van der Waals surface area contributed by atoms with Crippen LogP contribution in [0, 0.1) is 55.4 Å². The monoisotopic (exact) mass is 552 g/mol. The van der Waals surface area contributed by atoms with E-state index in [4.69, 9.17) is 0 Å². The predicted octanol–water partition coefficient (Wildman–Crippen LogP) is 7.00. The lowest BCUT2D eigenvalue weighted by Gasteiger charge is -2.22. The number of rotatable bonds is 1. The van der Waals surface area contributed by atoms with Gasteiger partial charge in [-0.15, -0.1) is 0 Å². The average Bonchev–Trinajstić information content (AvgIpc) is 2.59. The van der Waals surface area contributed by atoms with E-state index >= 15 is 0 Å². The third kappa shape index (κ3) is 3.41. The Labute approximate surface area is 169 Å². The highest BCUT2D eigenvalue weighted by Gasteiger charge is 2.23. The van der Waals surface area contributed by atoms with Crippen molar-refractivity contribution in [3.63, 3.8) is 0 Å². The number of benzene rings is 2. The van der Waals surface area contributed by atoms with Gasteiger partial charge in [0, 0.05) is 48.4 Å². The van der Waals surface area contributed by atoms with Crippen molar-refractivity contribution in [2.75, 3.05) is 0 Å². The first kappa shape index (κ1) is 21.5. The van der Waals surface area contributed by atoms with E-state index in [9.17, 15) is 10.2 Å². The van der Waals surface area contributed by atoms with Gasteiger partial charge in [0.25, 0.3) is 0 Å². The standard InChI is InChI=1S/C20H26O2.I2/c1-9-11(3)15(7)19(21)17(13(9)5)18-14(6)10(2)12(4)16(8)20(18)22;1-2/h21-22H,1-8H3;. The van der Waals surface area contributed by atoms with E-state index in [0.29, 0.717) is 0 Å². The summed E-state index contributed by atoms with van der Waals surface area (Å²) in [6, 6.07) is 0. The molecule has 2 aromatic carbocycles. The van der Waals surface area contributed by atoms with Gasteiger partial charge in [0.1, 0.15) is 11.5 Å². The van der Waals surface area contributed by atoms with Crippen LogP contribution in [0.5, 0.6) is 11.5 Å². The molecular weight excluding hydrogens is 526 g/mol. The third-order valence-electron chi connectivity index (χ3n) is 5.56. The van der Waals surface area contributed by atoms with Crippen molar-refractivity contribution in [2.24, 2.45) is 0 Å². The fourth-order valence-electron chi connectivity index (χ4n) is 3.20. The summed E-state index contributed by atoms with van der Waals surface area (Å²) in [5.41, 5.74) is 9.90. The van der Waals surface area contributed by atoms with Crippen LogP contribution in [0.2, 0.25) is 0 Å². The molecule has 0 saturated heterocycles. The fraction of sp³-hybridized carbons (Fsp3) is 0.400. The molecule has 2 N–H and O–H groups in total. The molecule has 4 heteroatoms. The van der Waals surface area contributed by atoms with Crippen molar-refractivity contribution in [1.82, 2.24) is 0 Å². The Balaban J connectivity index is 0.00000139. The molecule has 0 aliphatic heterocycles. The molecule has 0 unspecified atom stereocenters. The zero-order valence-corrected chi connectivity index (χ0v) is 20.0. The summed E-state index contributed by atoms with van der Waals surface area (Å²) in [5, 5.41) is 21.5. The van der Waals surface area contributed by atoms with E-state index < -0.39 is 0 Å². The third-order valence-corrected chi connectivity index (χ3v) is 5.56. The summed E-state index contributed by atoms with van der Waals surface area (Å²) in [4.78, 5) is 0. The van der Waals surface area contributed by atoms with Crippen LogP contribution in [0.4, 0.5) is 0 Å². The highest BCUT2D eigenvalue weighted by atomic mass is 128. The lowest BCUT2D eigenvalue weighted by Crippen LogP contribution is -2.01. The molecule has 0 amide bonds. The molecule has 0 radical (unpaired) electrons. The van der Waals surface area contributed by atoms with Crippen LogP contribution in [0.3, 0.4) is 0 Å². The molecule has 0 heterocycles. The van der Waals surface area contributed by atoms with Gasteiger partial charge in [-0.2, -0.15) is 0 Å². The molecule has 0 fully saturated rings. The number of phenolic OH excluding ortho intramolecular Hbond substituents is 2. The normalized spacial score (nSPS) is 10.4. The molecule has 132 valence electrons. The van der Waals surface area contributed by atoms with Gasteiger partial charge in [-0.05, 0) is 99.9 Å². The van der Waals surface area contributed by atoms with Crippen LogP contribution in [-0.4, -0.2) is 10.2 Å². The van der Waals surface area contributed by atoms with E-state index in [1.807, 2.05) is 41.5 Å². The summed E-state index contributed by atoms with van der Waals surface area (Å²) in [5.74, 6) is 0.559. The van der Waals surface area contributed by atoms with Gasteiger partial charge >= 0.3 is 0 Å². The topological polar surface area (TPSA) is 40.5 Å². The molecule has 2 rings (SSSR count). The molecule has 0 saturated carbocycles. The maximum atomic E-state index is 10.7. The summed E-state index contributed by atoms with van der Waals surface area (Å²) in [6.45, 7) is 16.1. The Morgan fingerprint density at radius 3 is 0.875 bits per heavy atom. The molecule has 0 atom stereocenters. The second-order valence-corrected chi connectivity index (χ2v) is 6.45. The molecule has 0 aliphatic carbocycles. The summed E-state index contributed by atoms with van der Waals surface area (Å²) < 4.78 is 0. The van der Waals surface area contributed by atoms with Crippen molar-refractivity contribution >= 4 is 37.2 Å². The minimum atomic E-state index is 0.279. The van der Waals surface area contributed by atoms with Gasteiger partial charge in [-0.25, -0.2) is 0 Å². The zero-order valence-electron chi connectivity index (χ0n) is 15.7. The van der Waals surface area contributed by atoms with Crippen molar-refractivity contribution in [3.05, 3.63) is 44.5 Å². The molecule has 0 aliphatic rings. The molecule has 24 heavy (non-hydrogen) atoms. The summed E-state index contributed by atoms with van der Waals surface area (Å²) >= 11 is 4.24. The van der Waals surface area contributed by atoms with Crippen molar-refractivity contribution in [3.8, 4) is 22.6 Å². The first-order chi connectivity index (χ1) is 11.1. The Morgan fingerprint density at radius 2 is 0.625 bits per heavy atom. The lowest BCUT2D eigenvalue weighted by molar-refractivity contribution is 0.463. The van der Waals surface area contributed by atoms with E-state index in [0.717, 1.165) is 44.5 Å². The largest absolute Gasteiger partial charge is 0.507 e. The van der Waals surface area contributed by atoms with Gasteiger partial charge in [-0.1, -0.05) is 0 Å². The SMILES string of the molecule is Cc1c(C)c(C)c(-c2c(C)c(C)c(C)c(C)c2O)c(O)c1C.II. The number of hydrogen-bond donors (Lipinski definition) is 2. The van der Waals surface area contributed by atoms with Gasteiger partial charge in [0.2, 0.25) is 0 Å².